The molecule has 0 aromatic carbocycles. The first-order valence-electron chi connectivity index (χ1n) is 6.30. The van der Waals surface area contributed by atoms with Crippen LogP contribution in [0.25, 0.3) is 0 Å². The second-order valence-electron chi connectivity index (χ2n) is 5.85. The fourth-order valence-electron chi connectivity index (χ4n) is 2.07. The van der Waals surface area contributed by atoms with Gasteiger partial charge in [0.25, 0.3) is 0 Å². The van der Waals surface area contributed by atoms with E-state index < -0.39 is 5.41 Å². The largest absolute Gasteiger partial charge is 0.355 e. The molecule has 0 aromatic heterocycles. The minimum Gasteiger partial charge on any atom is -0.355 e. The zero-order valence-electron chi connectivity index (χ0n) is 10.7. The molecule has 1 fully saturated rings. The van der Waals surface area contributed by atoms with Crippen LogP contribution in [0.1, 0.15) is 46.5 Å². The number of hydrogen-bond donors (Lipinski definition) is 1. The predicted octanol–water partition coefficient (Wildman–Crippen LogP) is 3.19. The average Bonchev–Trinajstić information content (AvgIpc) is 2.28. The van der Waals surface area contributed by atoms with E-state index in [9.17, 15) is 4.79 Å². The molecule has 0 spiro atoms. The van der Waals surface area contributed by atoms with Gasteiger partial charge in [-0.1, -0.05) is 19.8 Å². The summed E-state index contributed by atoms with van der Waals surface area (Å²) >= 11 is 5.77. The molecular weight excluding hydrogens is 222 g/mol. The van der Waals surface area contributed by atoms with E-state index in [1.807, 2.05) is 13.8 Å². The third kappa shape index (κ3) is 3.97. The normalized spacial score (nSPS) is 26.5. The zero-order valence-corrected chi connectivity index (χ0v) is 11.4. The summed E-state index contributed by atoms with van der Waals surface area (Å²) in [5, 5.41) is 3.04. The molecule has 16 heavy (non-hydrogen) atoms. The first-order chi connectivity index (χ1) is 7.45. The van der Waals surface area contributed by atoms with Crippen LogP contribution in [0.2, 0.25) is 0 Å². The fraction of sp³-hybridized carbons (Fsp3) is 0.923. The molecule has 0 atom stereocenters. The smallest absolute Gasteiger partial charge is 0.226 e. The lowest BCUT2D eigenvalue weighted by Crippen LogP contribution is -2.40. The molecule has 0 bridgehead atoms. The van der Waals surface area contributed by atoms with Crippen molar-refractivity contribution in [3.63, 3.8) is 0 Å². The number of carbonyl (C=O) groups is 1. The Morgan fingerprint density at radius 3 is 2.38 bits per heavy atom. The summed E-state index contributed by atoms with van der Waals surface area (Å²) in [6.07, 6.45) is 5.12. The lowest BCUT2D eigenvalue weighted by Gasteiger charge is -2.28. The highest BCUT2D eigenvalue weighted by atomic mass is 35.5. The van der Waals surface area contributed by atoms with Crippen LogP contribution in [-0.2, 0) is 4.79 Å². The molecule has 0 aromatic rings. The van der Waals surface area contributed by atoms with Gasteiger partial charge in [-0.05, 0) is 38.5 Å². The van der Waals surface area contributed by atoms with Crippen LogP contribution in [0.3, 0.4) is 0 Å². The quantitative estimate of drug-likeness (QED) is 0.758. The Kier molecular flexibility index (Phi) is 5.10. The van der Waals surface area contributed by atoms with Crippen molar-refractivity contribution in [2.45, 2.75) is 46.5 Å². The molecule has 1 N–H and O–H groups in total. The van der Waals surface area contributed by atoms with Gasteiger partial charge >= 0.3 is 0 Å². The maximum Gasteiger partial charge on any atom is 0.226 e. The van der Waals surface area contributed by atoms with Crippen molar-refractivity contribution in [3.05, 3.63) is 0 Å². The minimum absolute atomic E-state index is 0.0844. The highest BCUT2D eigenvalue weighted by Gasteiger charge is 2.27. The Morgan fingerprint density at radius 2 is 1.88 bits per heavy atom. The van der Waals surface area contributed by atoms with E-state index in [1.165, 1.54) is 25.7 Å². The average molecular weight is 246 g/mol. The summed E-state index contributed by atoms with van der Waals surface area (Å²) in [5.41, 5.74) is -0.441. The van der Waals surface area contributed by atoms with Crippen molar-refractivity contribution in [3.8, 4) is 0 Å². The zero-order chi connectivity index (χ0) is 12.2. The highest BCUT2D eigenvalue weighted by molar-refractivity contribution is 6.19. The number of carbonyl (C=O) groups excluding carboxylic acids is 1. The minimum atomic E-state index is -0.441. The first-order valence-corrected chi connectivity index (χ1v) is 6.83. The molecular formula is C13H24ClNO. The molecule has 0 saturated heterocycles. The van der Waals surface area contributed by atoms with E-state index in [2.05, 4.69) is 12.2 Å². The monoisotopic (exact) mass is 245 g/mol. The third-order valence-electron chi connectivity index (χ3n) is 3.64. The van der Waals surface area contributed by atoms with Gasteiger partial charge in [0.2, 0.25) is 5.91 Å². The number of nitrogens with one attached hydrogen (secondary N) is 1. The van der Waals surface area contributed by atoms with Gasteiger partial charge in [0.1, 0.15) is 0 Å². The third-order valence-corrected chi connectivity index (χ3v) is 4.30. The summed E-state index contributed by atoms with van der Waals surface area (Å²) in [5.74, 6) is 2.00. The van der Waals surface area contributed by atoms with Gasteiger partial charge < -0.3 is 5.32 Å². The SMILES string of the molecule is CC1CCC(CNC(=O)C(C)(C)CCl)CC1. The van der Waals surface area contributed by atoms with Crippen LogP contribution in [-0.4, -0.2) is 18.3 Å². The van der Waals surface area contributed by atoms with Crippen molar-refractivity contribution in [2.24, 2.45) is 17.3 Å². The predicted molar refractivity (Wildman–Crippen MR) is 68.6 cm³/mol. The number of alkyl halides is 1. The van der Waals surface area contributed by atoms with Gasteiger partial charge in [-0.15, -0.1) is 11.6 Å². The number of halogens is 1. The van der Waals surface area contributed by atoms with Crippen molar-refractivity contribution in [1.82, 2.24) is 5.32 Å². The Hall–Kier alpha value is -0.240. The molecule has 1 rings (SSSR count). The van der Waals surface area contributed by atoms with E-state index in [4.69, 9.17) is 11.6 Å². The molecule has 3 heteroatoms. The van der Waals surface area contributed by atoms with E-state index >= 15 is 0 Å². The van der Waals surface area contributed by atoms with Crippen LogP contribution >= 0.6 is 11.6 Å². The van der Waals surface area contributed by atoms with Crippen LogP contribution in [0, 0.1) is 17.3 Å². The van der Waals surface area contributed by atoms with E-state index in [0.29, 0.717) is 11.8 Å². The molecule has 0 heterocycles. The molecule has 94 valence electrons. The summed E-state index contributed by atoms with van der Waals surface area (Å²) < 4.78 is 0. The van der Waals surface area contributed by atoms with E-state index in [0.717, 1.165) is 12.5 Å². The van der Waals surface area contributed by atoms with Crippen LogP contribution < -0.4 is 5.32 Å². The number of hydrogen-bond acceptors (Lipinski definition) is 1. The first kappa shape index (κ1) is 13.8. The van der Waals surface area contributed by atoms with Crippen molar-refractivity contribution in [2.75, 3.05) is 12.4 Å². The fourth-order valence-corrected chi connectivity index (χ4v) is 2.19. The Bertz CT molecular complexity index is 232. The van der Waals surface area contributed by atoms with Crippen molar-refractivity contribution in [1.29, 1.82) is 0 Å². The molecule has 1 amide bonds. The van der Waals surface area contributed by atoms with Gasteiger partial charge in [0, 0.05) is 12.4 Å². The van der Waals surface area contributed by atoms with Crippen molar-refractivity contribution < 1.29 is 4.79 Å². The van der Waals surface area contributed by atoms with E-state index in [1.54, 1.807) is 0 Å². The topological polar surface area (TPSA) is 29.1 Å². The van der Waals surface area contributed by atoms with Gasteiger partial charge in [-0.3, -0.25) is 4.79 Å². The molecule has 2 nitrogen and oxygen atoms in total. The standard InChI is InChI=1S/C13H24ClNO/c1-10-4-6-11(7-5-10)8-15-12(16)13(2,3)9-14/h10-11H,4-9H2,1-3H3,(H,15,16). The van der Waals surface area contributed by atoms with Gasteiger partial charge in [-0.25, -0.2) is 0 Å². The van der Waals surface area contributed by atoms with Crippen LogP contribution in [0.4, 0.5) is 0 Å². The second kappa shape index (κ2) is 5.90. The van der Waals surface area contributed by atoms with Crippen LogP contribution in [0.5, 0.6) is 0 Å². The Morgan fingerprint density at radius 1 is 1.31 bits per heavy atom. The van der Waals surface area contributed by atoms with Gasteiger partial charge in [0.05, 0.1) is 5.41 Å². The molecule has 0 aliphatic heterocycles. The number of rotatable bonds is 4. The summed E-state index contributed by atoms with van der Waals surface area (Å²) in [6.45, 7) is 6.91. The van der Waals surface area contributed by atoms with Gasteiger partial charge in [0.15, 0.2) is 0 Å². The van der Waals surface area contributed by atoms with Crippen LogP contribution in [0.15, 0.2) is 0 Å². The lowest BCUT2D eigenvalue weighted by molar-refractivity contribution is -0.128. The molecule has 1 aliphatic rings. The highest BCUT2D eigenvalue weighted by Crippen LogP contribution is 2.28. The summed E-state index contributed by atoms with van der Waals surface area (Å²) in [7, 11) is 0. The van der Waals surface area contributed by atoms with Crippen molar-refractivity contribution >= 4 is 17.5 Å². The molecule has 0 unspecified atom stereocenters. The molecule has 1 aliphatic carbocycles. The Balaban J connectivity index is 2.27. The molecule has 1 saturated carbocycles. The maximum atomic E-state index is 11.8. The maximum absolute atomic E-state index is 11.8. The van der Waals surface area contributed by atoms with E-state index in [-0.39, 0.29) is 5.91 Å². The summed E-state index contributed by atoms with van der Waals surface area (Å²) in [4.78, 5) is 11.8. The Labute approximate surface area is 104 Å². The van der Waals surface area contributed by atoms with Gasteiger partial charge in [-0.2, -0.15) is 0 Å². The second-order valence-corrected chi connectivity index (χ2v) is 6.12. The summed E-state index contributed by atoms with van der Waals surface area (Å²) in [6, 6.07) is 0. The lowest BCUT2D eigenvalue weighted by atomic mass is 9.83. The molecule has 0 radical (unpaired) electrons. The number of amides is 1.